The summed E-state index contributed by atoms with van der Waals surface area (Å²) in [5.41, 5.74) is -0.0610. The molecule has 1 amide bonds. The van der Waals surface area contributed by atoms with Crippen LogP contribution in [-0.2, 0) is 7.05 Å². The van der Waals surface area contributed by atoms with Gasteiger partial charge in [-0.15, -0.1) is 0 Å². The van der Waals surface area contributed by atoms with Crippen molar-refractivity contribution in [2.45, 2.75) is 26.9 Å². The highest BCUT2D eigenvalue weighted by Gasteiger charge is 2.24. The molecule has 0 saturated heterocycles. The van der Waals surface area contributed by atoms with Gasteiger partial charge in [0.2, 0.25) is 0 Å². The Hall–Kier alpha value is -2.28. The molecule has 7 heteroatoms. The number of halogens is 2. The number of nitrogens with zero attached hydrogens (tertiary/aromatic N) is 2. The minimum Gasteiger partial charge on any atom is -0.391 e. The first-order valence-corrected chi connectivity index (χ1v) is 7.55. The lowest BCUT2D eigenvalue weighted by Crippen LogP contribution is -2.39. The van der Waals surface area contributed by atoms with Gasteiger partial charge in [0, 0.05) is 31.4 Å². The highest BCUT2D eigenvalue weighted by molar-refractivity contribution is 5.99. The van der Waals surface area contributed by atoms with Crippen LogP contribution in [0.2, 0.25) is 0 Å². The van der Waals surface area contributed by atoms with Crippen LogP contribution in [0.5, 0.6) is 0 Å². The summed E-state index contributed by atoms with van der Waals surface area (Å²) in [7, 11) is 1.60. The third-order valence-corrected chi connectivity index (χ3v) is 3.72. The quantitative estimate of drug-likeness (QED) is 0.901. The zero-order valence-corrected chi connectivity index (χ0v) is 14.1. The largest absolute Gasteiger partial charge is 0.391 e. The Bertz CT molecular complexity index is 751. The van der Waals surface area contributed by atoms with Crippen LogP contribution in [0, 0.1) is 17.0 Å². The Kier molecular flexibility index (Phi) is 5.03. The van der Waals surface area contributed by atoms with Gasteiger partial charge in [-0.1, -0.05) is 20.8 Å². The summed E-state index contributed by atoms with van der Waals surface area (Å²) in [5, 5.41) is 16.7. The fourth-order valence-electron chi connectivity index (χ4n) is 2.13. The van der Waals surface area contributed by atoms with Crippen molar-refractivity contribution in [2.24, 2.45) is 12.5 Å². The first-order chi connectivity index (χ1) is 11.1. The molecule has 1 atom stereocenters. The maximum Gasteiger partial charge on any atom is 0.255 e. The third-order valence-electron chi connectivity index (χ3n) is 3.72. The molecular weight excluding hydrogens is 316 g/mol. The molecular formula is C17H21F2N3O2. The fraction of sp³-hybridized carbons (Fsp3) is 0.412. The van der Waals surface area contributed by atoms with E-state index in [0.29, 0.717) is 0 Å². The molecule has 0 fully saturated rings. The van der Waals surface area contributed by atoms with Crippen LogP contribution >= 0.6 is 0 Å². The van der Waals surface area contributed by atoms with Crippen LogP contribution in [0.15, 0.2) is 24.4 Å². The van der Waals surface area contributed by atoms with Crippen molar-refractivity contribution < 1.29 is 18.7 Å². The molecule has 2 rings (SSSR count). The van der Waals surface area contributed by atoms with Crippen molar-refractivity contribution in [3.8, 4) is 11.3 Å². The van der Waals surface area contributed by atoms with Gasteiger partial charge in [0.15, 0.2) is 0 Å². The summed E-state index contributed by atoms with van der Waals surface area (Å²) in [6.07, 6.45) is 0.723. The number of amides is 1. The van der Waals surface area contributed by atoms with Gasteiger partial charge in [-0.3, -0.25) is 9.48 Å². The van der Waals surface area contributed by atoms with Crippen LogP contribution in [0.25, 0.3) is 11.3 Å². The van der Waals surface area contributed by atoms with Crippen molar-refractivity contribution in [3.05, 3.63) is 41.6 Å². The predicted octanol–water partition coefficient (Wildman–Crippen LogP) is 2.50. The number of aromatic nitrogens is 2. The number of aliphatic hydroxyl groups is 1. The number of nitrogens with one attached hydrogen (secondary N) is 1. The zero-order valence-electron chi connectivity index (χ0n) is 14.1. The average molecular weight is 337 g/mol. The summed E-state index contributed by atoms with van der Waals surface area (Å²) in [6.45, 7) is 5.62. The molecule has 5 nitrogen and oxygen atoms in total. The second-order valence-electron chi connectivity index (χ2n) is 6.78. The van der Waals surface area contributed by atoms with E-state index in [0.717, 1.165) is 12.1 Å². The van der Waals surface area contributed by atoms with Crippen LogP contribution < -0.4 is 5.32 Å². The highest BCUT2D eigenvalue weighted by Crippen LogP contribution is 2.25. The van der Waals surface area contributed by atoms with E-state index in [4.69, 9.17) is 0 Å². The number of carbonyl (C=O) groups is 1. The van der Waals surface area contributed by atoms with Gasteiger partial charge >= 0.3 is 0 Å². The minimum atomic E-state index is -0.794. The molecule has 0 aliphatic carbocycles. The molecule has 0 aliphatic heterocycles. The summed E-state index contributed by atoms with van der Waals surface area (Å²) in [4.78, 5) is 12.4. The van der Waals surface area contributed by atoms with E-state index < -0.39 is 23.6 Å². The monoisotopic (exact) mass is 337 g/mol. The average Bonchev–Trinajstić information content (AvgIpc) is 2.85. The van der Waals surface area contributed by atoms with Crippen molar-refractivity contribution in [1.29, 1.82) is 0 Å². The van der Waals surface area contributed by atoms with Crippen LogP contribution in [0.4, 0.5) is 8.78 Å². The number of benzene rings is 1. The zero-order chi connectivity index (χ0) is 18.1. The summed E-state index contributed by atoms with van der Waals surface area (Å²) in [5.74, 6) is -1.98. The molecule has 0 saturated carbocycles. The van der Waals surface area contributed by atoms with Gasteiger partial charge < -0.3 is 10.4 Å². The lowest BCUT2D eigenvalue weighted by atomic mass is 9.89. The van der Waals surface area contributed by atoms with Gasteiger partial charge in [0.1, 0.15) is 17.3 Å². The second-order valence-corrected chi connectivity index (χ2v) is 6.78. The molecule has 130 valence electrons. The Morgan fingerprint density at radius 3 is 2.62 bits per heavy atom. The molecule has 1 aromatic heterocycles. The number of carbonyl (C=O) groups excluding carboxylic acids is 1. The van der Waals surface area contributed by atoms with E-state index in [2.05, 4.69) is 10.4 Å². The smallest absolute Gasteiger partial charge is 0.255 e. The number of aliphatic hydroxyl groups excluding tert-OH is 1. The Morgan fingerprint density at radius 2 is 2.04 bits per heavy atom. The van der Waals surface area contributed by atoms with E-state index in [1.165, 1.54) is 16.9 Å². The summed E-state index contributed by atoms with van der Waals surface area (Å²) >= 11 is 0. The van der Waals surface area contributed by atoms with E-state index in [9.17, 15) is 18.7 Å². The molecule has 0 aliphatic rings. The van der Waals surface area contributed by atoms with Crippen molar-refractivity contribution in [2.75, 3.05) is 6.54 Å². The van der Waals surface area contributed by atoms with Gasteiger partial charge in [-0.25, -0.2) is 8.78 Å². The third kappa shape index (κ3) is 3.97. The molecule has 1 unspecified atom stereocenters. The molecule has 2 N–H and O–H groups in total. The van der Waals surface area contributed by atoms with Gasteiger partial charge in [0.05, 0.1) is 11.7 Å². The summed E-state index contributed by atoms with van der Waals surface area (Å²) in [6, 6.07) is 3.10. The minimum absolute atomic E-state index is 0.0403. The lowest BCUT2D eigenvalue weighted by molar-refractivity contribution is 0.0587. The number of aryl methyl sites for hydroxylation is 1. The topological polar surface area (TPSA) is 67.2 Å². The molecule has 0 bridgehead atoms. The normalized spacial score (nSPS) is 13.0. The molecule has 2 aromatic rings. The first-order valence-electron chi connectivity index (χ1n) is 7.55. The van der Waals surface area contributed by atoms with Gasteiger partial charge in [-0.05, 0) is 17.5 Å². The Balaban J connectivity index is 2.27. The summed E-state index contributed by atoms with van der Waals surface area (Å²) < 4.78 is 28.5. The molecule has 0 radical (unpaired) electrons. The van der Waals surface area contributed by atoms with E-state index in [-0.39, 0.29) is 28.8 Å². The molecule has 1 aromatic carbocycles. The SMILES string of the molecule is Cn1cc(C(=O)NCC(O)C(C)(C)C)c(-c2ccc(F)cc2F)n1. The van der Waals surface area contributed by atoms with Gasteiger partial charge in [0.25, 0.3) is 5.91 Å². The highest BCUT2D eigenvalue weighted by atomic mass is 19.1. The van der Waals surface area contributed by atoms with E-state index in [1.807, 2.05) is 20.8 Å². The second kappa shape index (κ2) is 6.68. The molecule has 0 spiro atoms. The number of hydrogen-bond donors (Lipinski definition) is 2. The Labute approximate surface area is 139 Å². The first kappa shape index (κ1) is 18.1. The van der Waals surface area contributed by atoms with Crippen LogP contribution in [0.1, 0.15) is 31.1 Å². The maximum absolute atomic E-state index is 14.0. The molecule has 1 heterocycles. The Morgan fingerprint density at radius 1 is 1.38 bits per heavy atom. The maximum atomic E-state index is 14.0. The van der Waals surface area contributed by atoms with Crippen molar-refractivity contribution in [1.82, 2.24) is 15.1 Å². The van der Waals surface area contributed by atoms with Crippen LogP contribution in [0.3, 0.4) is 0 Å². The van der Waals surface area contributed by atoms with E-state index >= 15 is 0 Å². The van der Waals surface area contributed by atoms with Crippen molar-refractivity contribution in [3.63, 3.8) is 0 Å². The van der Waals surface area contributed by atoms with Crippen molar-refractivity contribution >= 4 is 5.91 Å². The number of hydrogen-bond acceptors (Lipinski definition) is 3. The van der Waals surface area contributed by atoms with Gasteiger partial charge in [-0.2, -0.15) is 5.10 Å². The standard InChI is InChI=1S/C17H21F2N3O2/c1-17(2,3)14(23)8-20-16(24)12-9-22(4)21-15(12)11-6-5-10(18)7-13(11)19/h5-7,9,14,23H,8H2,1-4H3,(H,20,24). The number of rotatable bonds is 4. The van der Waals surface area contributed by atoms with Crippen LogP contribution in [-0.4, -0.2) is 33.4 Å². The lowest BCUT2D eigenvalue weighted by Gasteiger charge is -2.25. The predicted molar refractivity (Wildman–Crippen MR) is 86.4 cm³/mol. The van der Waals surface area contributed by atoms with E-state index in [1.54, 1.807) is 7.05 Å². The molecule has 24 heavy (non-hydrogen) atoms. The fourth-order valence-corrected chi connectivity index (χ4v) is 2.13.